The number of hydrogen-bond acceptors (Lipinski definition) is 3. The van der Waals surface area contributed by atoms with Crippen LogP contribution in [0, 0.1) is 11.5 Å². The van der Waals surface area contributed by atoms with Crippen LogP contribution in [0.5, 0.6) is 0 Å². The van der Waals surface area contributed by atoms with Gasteiger partial charge in [-0.05, 0) is 11.5 Å². The van der Waals surface area contributed by atoms with E-state index in [4.69, 9.17) is 5.26 Å². The maximum Gasteiger partial charge on any atom is 0.283 e. The minimum atomic E-state index is -0.477. The molecule has 0 radical (unpaired) electrons. The van der Waals surface area contributed by atoms with E-state index >= 15 is 0 Å². The number of aromatic nitrogens is 1. The number of carbonyl (C=O) groups excluding carboxylic acids is 1. The van der Waals surface area contributed by atoms with Crippen molar-refractivity contribution >= 4 is 16.7 Å². The molecule has 0 aliphatic rings. The Labute approximate surface area is 86.2 Å². The Kier molecular flexibility index (Phi) is 2.30. The highest BCUT2D eigenvalue weighted by molar-refractivity contribution is 6.05. The first kappa shape index (κ1) is 9.16. The van der Waals surface area contributed by atoms with Crippen molar-refractivity contribution in [3.05, 3.63) is 42.2 Å². The van der Waals surface area contributed by atoms with Crippen LogP contribution in [0.3, 0.4) is 0 Å². The number of amides is 1. The van der Waals surface area contributed by atoms with Gasteiger partial charge < -0.3 is 0 Å². The minimum Gasteiger partial charge on any atom is -0.266 e. The van der Waals surface area contributed by atoms with E-state index in [1.54, 1.807) is 18.5 Å². The second-order valence-electron chi connectivity index (χ2n) is 2.95. The number of benzene rings is 1. The zero-order chi connectivity index (χ0) is 10.7. The number of pyridine rings is 1. The van der Waals surface area contributed by atoms with E-state index in [0.717, 1.165) is 10.8 Å². The van der Waals surface area contributed by atoms with Crippen LogP contribution in [0.1, 0.15) is 10.5 Å². The monoisotopic (exact) mass is 197 g/mol. The summed E-state index contributed by atoms with van der Waals surface area (Å²) in [7, 11) is 0. The largest absolute Gasteiger partial charge is 0.283 e. The fraction of sp³-hybridized carbons (Fsp3) is 0. The third kappa shape index (κ3) is 1.63. The third-order valence-electron chi connectivity index (χ3n) is 2.06. The van der Waals surface area contributed by atoms with Crippen LogP contribution in [0.4, 0.5) is 0 Å². The summed E-state index contributed by atoms with van der Waals surface area (Å²) in [6, 6.07) is 9.22. The molecule has 1 aromatic carbocycles. The van der Waals surface area contributed by atoms with Gasteiger partial charge in [0.1, 0.15) is 5.69 Å². The van der Waals surface area contributed by atoms with Crippen LogP contribution in [0.15, 0.2) is 36.5 Å². The highest BCUT2D eigenvalue weighted by Crippen LogP contribution is 2.15. The Balaban J connectivity index is 2.62. The molecule has 0 bridgehead atoms. The zero-order valence-electron chi connectivity index (χ0n) is 7.77. The second kappa shape index (κ2) is 3.76. The van der Waals surface area contributed by atoms with Gasteiger partial charge >= 0.3 is 0 Å². The van der Waals surface area contributed by atoms with E-state index in [1.165, 1.54) is 0 Å². The molecule has 0 aliphatic heterocycles. The smallest absolute Gasteiger partial charge is 0.266 e. The molecule has 4 heteroatoms. The number of fused-ring (bicyclic) bond motifs is 1. The number of hydrogen-bond donors (Lipinski definition) is 1. The maximum absolute atomic E-state index is 11.5. The topological polar surface area (TPSA) is 65.8 Å². The molecule has 2 aromatic rings. The average Bonchev–Trinajstić information content (AvgIpc) is 2.28. The lowest BCUT2D eigenvalue weighted by molar-refractivity contribution is 0.0970. The molecule has 4 nitrogen and oxygen atoms in total. The van der Waals surface area contributed by atoms with Gasteiger partial charge in [-0.3, -0.25) is 15.1 Å². The number of carbonyl (C=O) groups is 1. The molecule has 1 amide bonds. The summed E-state index contributed by atoms with van der Waals surface area (Å²) in [6.45, 7) is 0. The van der Waals surface area contributed by atoms with Gasteiger partial charge in [-0.15, -0.1) is 0 Å². The van der Waals surface area contributed by atoms with Crippen LogP contribution in [0.2, 0.25) is 0 Å². The molecule has 0 saturated carbocycles. The summed E-state index contributed by atoms with van der Waals surface area (Å²) in [5.41, 5.74) is 0.273. The molecular weight excluding hydrogens is 190 g/mol. The van der Waals surface area contributed by atoms with E-state index < -0.39 is 5.91 Å². The van der Waals surface area contributed by atoms with E-state index in [2.05, 4.69) is 10.3 Å². The molecule has 1 heterocycles. The van der Waals surface area contributed by atoms with Crippen LogP contribution in [-0.2, 0) is 0 Å². The summed E-state index contributed by atoms with van der Waals surface area (Å²) in [5.74, 6) is -0.477. The van der Waals surface area contributed by atoms with Crippen molar-refractivity contribution in [3.63, 3.8) is 0 Å². The van der Waals surface area contributed by atoms with E-state index in [-0.39, 0.29) is 5.69 Å². The highest BCUT2D eigenvalue weighted by atomic mass is 16.1. The summed E-state index contributed by atoms with van der Waals surface area (Å²) < 4.78 is 0. The van der Waals surface area contributed by atoms with Crippen LogP contribution < -0.4 is 5.32 Å². The van der Waals surface area contributed by atoms with Crippen molar-refractivity contribution in [2.24, 2.45) is 0 Å². The van der Waals surface area contributed by atoms with Gasteiger partial charge in [0.15, 0.2) is 6.19 Å². The van der Waals surface area contributed by atoms with Crippen LogP contribution >= 0.6 is 0 Å². The Hall–Kier alpha value is -2.41. The first-order chi connectivity index (χ1) is 7.33. The SMILES string of the molecule is N#CNC(=O)c1nccc2ccccc12. The fourth-order valence-corrected chi connectivity index (χ4v) is 1.41. The number of rotatable bonds is 1. The summed E-state index contributed by atoms with van der Waals surface area (Å²) in [4.78, 5) is 15.4. The van der Waals surface area contributed by atoms with Crippen LogP contribution in [0.25, 0.3) is 10.8 Å². The summed E-state index contributed by atoms with van der Waals surface area (Å²) in [6.07, 6.45) is 3.14. The molecule has 0 fully saturated rings. The molecular formula is C11H7N3O. The standard InChI is InChI=1S/C11H7N3O/c12-7-14-11(15)10-9-4-2-1-3-8(9)5-6-13-10/h1-6H,(H,14,15). The molecule has 1 aromatic heterocycles. The third-order valence-corrected chi connectivity index (χ3v) is 2.06. The molecule has 0 atom stereocenters. The molecule has 1 N–H and O–H groups in total. The minimum absolute atomic E-state index is 0.273. The molecule has 15 heavy (non-hydrogen) atoms. The zero-order valence-corrected chi connectivity index (χ0v) is 7.77. The first-order valence-electron chi connectivity index (χ1n) is 4.36. The van der Waals surface area contributed by atoms with Crippen molar-refractivity contribution in [1.29, 1.82) is 5.26 Å². The summed E-state index contributed by atoms with van der Waals surface area (Å²) >= 11 is 0. The van der Waals surface area contributed by atoms with Gasteiger partial charge in [0.2, 0.25) is 0 Å². The first-order valence-corrected chi connectivity index (χ1v) is 4.36. The quantitative estimate of drug-likeness (QED) is 0.555. The van der Waals surface area contributed by atoms with Gasteiger partial charge in [0, 0.05) is 11.6 Å². The van der Waals surface area contributed by atoms with E-state index in [0.29, 0.717) is 0 Å². The van der Waals surface area contributed by atoms with Gasteiger partial charge in [-0.25, -0.2) is 0 Å². The Morgan fingerprint density at radius 1 is 1.33 bits per heavy atom. The lowest BCUT2D eigenvalue weighted by Gasteiger charge is -2.01. The fourth-order valence-electron chi connectivity index (χ4n) is 1.41. The van der Waals surface area contributed by atoms with Crippen molar-refractivity contribution < 1.29 is 4.79 Å². The average molecular weight is 197 g/mol. The van der Waals surface area contributed by atoms with Crippen molar-refractivity contribution in [2.75, 3.05) is 0 Å². The Bertz CT molecular complexity index is 552. The predicted octanol–water partition coefficient (Wildman–Crippen LogP) is 1.45. The van der Waals surface area contributed by atoms with Crippen molar-refractivity contribution in [3.8, 4) is 6.19 Å². The molecule has 0 saturated heterocycles. The predicted molar refractivity (Wildman–Crippen MR) is 54.8 cm³/mol. The van der Waals surface area contributed by atoms with Gasteiger partial charge in [-0.1, -0.05) is 24.3 Å². The van der Waals surface area contributed by atoms with Gasteiger partial charge in [0.05, 0.1) is 0 Å². The number of nitriles is 1. The van der Waals surface area contributed by atoms with Crippen molar-refractivity contribution in [1.82, 2.24) is 10.3 Å². The molecule has 0 aliphatic carbocycles. The normalized spacial score (nSPS) is 9.53. The lowest BCUT2D eigenvalue weighted by Crippen LogP contribution is -2.18. The molecule has 2 rings (SSSR count). The van der Waals surface area contributed by atoms with Crippen molar-refractivity contribution in [2.45, 2.75) is 0 Å². The van der Waals surface area contributed by atoms with E-state index in [9.17, 15) is 4.79 Å². The van der Waals surface area contributed by atoms with Gasteiger partial charge in [-0.2, -0.15) is 5.26 Å². The Morgan fingerprint density at radius 2 is 2.13 bits per heavy atom. The second-order valence-corrected chi connectivity index (χ2v) is 2.95. The molecule has 0 spiro atoms. The lowest BCUT2D eigenvalue weighted by atomic mass is 10.1. The molecule has 0 unspecified atom stereocenters. The maximum atomic E-state index is 11.5. The van der Waals surface area contributed by atoms with Crippen LogP contribution in [-0.4, -0.2) is 10.9 Å². The van der Waals surface area contributed by atoms with Gasteiger partial charge in [0.25, 0.3) is 5.91 Å². The summed E-state index contributed by atoms with van der Waals surface area (Å²) in [5, 5.41) is 12.1. The number of nitrogens with zero attached hydrogens (tertiary/aromatic N) is 2. The Morgan fingerprint density at radius 3 is 2.93 bits per heavy atom. The highest BCUT2D eigenvalue weighted by Gasteiger charge is 2.09. The molecule has 72 valence electrons. The van der Waals surface area contributed by atoms with E-state index in [1.807, 2.05) is 24.3 Å². The number of nitrogens with one attached hydrogen (secondary N) is 1.